The number of hydrogen-bond donors (Lipinski definition) is 1. The monoisotopic (exact) mass is 314 g/mol. The summed E-state index contributed by atoms with van der Waals surface area (Å²) in [6, 6.07) is 3.91. The number of benzene rings is 1. The Balaban J connectivity index is 2.03. The van der Waals surface area contributed by atoms with E-state index in [1.54, 1.807) is 13.8 Å². The summed E-state index contributed by atoms with van der Waals surface area (Å²) in [6.45, 7) is 4.12. The van der Waals surface area contributed by atoms with E-state index in [9.17, 15) is 14.9 Å². The van der Waals surface area contributed by atoms with E-state index in [0.29, 0.717) is 6.61 Å². The molecule has 0 saturated carbocycles. The van der Waals surface area contributed by atoms with Gasteiger partial charge in [0.05, 0.1) is 11.5 Å². The molecule has 114 valence electrons. The summed E-state index contributed by atoms with van der Waals surface area (Å²) < 4.78 is 10.9. The maximum absolute atomic E-state index is 12.0. The van der Waals surface area contributed by atoms with Crippen LogP contribution in [0.1, 0.15) is 24.2 Å². The van der Waals surface area contributed by atoms with E-state index >= 15 is 0 Å². The summed E-state index contributed by atoms with van der Waals surface area (Å²) in [7, 11) is 0. The Labute approximate surface area is 126 Å². The van der Waals surface area contributed by atoms with Crippen molar-refractivity contribution in [3.8, 4) is 0 Å². The molecule has 0 bridgehead atoms. The summed E-state index contributed by atoms with van der Waals surface area (Å²) in [6.07, 6.45) is -0.282. The van der Waals surface area contributed by atoms with Crippen molar-refractivity contribution >= 4 is 23.2 Å². The number of nitrogens with zero attached hydrogens (tertiary/aromatic N) is 1. The van der Waals surface area contributed by atoms with E-state index in [1.807, 2.05) is 0 Å². The Kier molecular flexibility index (Phi) is 4.46. The van der Waals surface area contributed by atoms with Crippen LogP contribution in [0.4, 0.5) is 5.69 Å². The number of nitrogens with one attached hydrogen (secondary N) is 1. The maximum atomic E-state index is 12.0. The number of halogens is 1. The highest BCUT2D eigenvalue weighted by atomic mass is 35.5. The van der Waals surface area contributed by atoms with Crippen LogP contribution in [0.25, 0.3) is 0 Å². The lowest BCUT2D eigenvalue weighted by Crippen LogP contribution is -2.34. The zero-order chi connectivity index (χ0) is 15.6. The van der Waals surface area contributed by atoms with E-state index in [4.69, 9.17) is 21.1 Å². The van der Waals surface area contributed by atoms with Crippen molar-refractivity contribution in [3.05, 3.63) is 38.9 Å². The molecule has 7 nitrogen and oxygen atoms in total. The molecule has 8 heteroatoms. The summed E-state index contributed by atoms with van der Waals surface area (Å²) >= 11 is 5.70. The second-order valence-corrected chi connectivity index (χ2v) is 5.52. The fraction of sp³-hybridized carbons (Fsp3) is 0.462. The molecule has 1 aliphatic heterocycles. The molecule has 2 rings (SSSR count). The molecule has 1 aromatic carbocycles. The molecule has 1 amide bonds. The van der Waals surface area contributed by atoms with Crippen molar-refractivity contribution in [1.29, 1.82) is 0 Å². The van der Waals surface area contributed by atoms with Gasteiger partial charge in [-0.2, -0.15) is 0 Å². The number of nitro benzene ring substituents is 1. The van der Waals surface area contributed by atoms with Crippen LogP contribution in [0, 0.1) is 10.1 Å². The van der Waals surface area contributed by atoms with Crippen LogP contribution in [0.15, 0.2) is 18.2 Å². The van der Waals surface area contributed by atoms with Crippen LogP contribution < -0.4 is 5.32 Å². The maximum Gasteiger partial charge on any atom is 0.283 e. The van der Waals surface area contributed by atoms with Gasteiger partial charge in [-0.1, -0.05) is 11.6 Å². The average Bonchev–Trinajstić information content (AvgIpc) is 2.75. The Morgan fingerprint density at radius 1 is 1.57 bits per heavy atom. The minimum Gasteiger partial charge on any atom is -0.349 e. The number of carbonyl (C=O) groups is 1. The zero-order valence-corrected chi connectivity index (χ0v) is 12.3. The third-order valence-electron chi connectivity index (χ3n) is 2.96. The fourth-order valence-corrected chi connectivity index (χ4v) is 2.18. The third kappa shape index (κ3) is 3.90. The van der Waals surface area contributed by atoms with E-state index in [0.717, 1.165) is 6.07 Å². The SMILES string of the molecule is CC1(C)OCC(CNC(=O)c2ccc(Cl)cc2[N+](=O)[O-])O1. The summed E-state index contributed by atoms with van der Waals surface area (Å²) in [5, 5.41) is 13.7. The van der Waals surface area contributed by atoms with Gasteiger partial charge in [0, 0.05) is 17.6 Å². The highest BCUT2D eigenvalue weighted by Gasteiger charge is 2.33. The van der Waals surface area contributed by atoms with Gasteiger partial charge in [-0.25, -0.2) is 0 Å². The second kappa shape index (κ2) is 5.97. The predicted molar refractivity (Wildman–Crippen MR) is 75.3 cm³/mol. The van der Waals surface area contributed by atoms with Crippen LogP contribution >= 0.6 is 11.6 Å². The Morgan fingerprint density at radius 3 is 2.86 bits per heavy atom. The summed E-state index contributed by atoms with van der Waals surface area (Å²) in [4.78, 5) is 22.4. The number of hydrogen-bond acceptors (Lipinski definition) is 5. The molecule has 0 aliphatic carbocycles. The van der Waals surface area contributed by atoms with Gasteiger partial charge in [0.15, 0.2) is 5.79 Å². The number of rotatable bonds is 4. The van der Waals surface area contributed by atoms with Gasteiger partial charge in [0.1, 0.15) is 11.7 Å². The fourth-order valence-electron chi connectivity index (χ4n) is 2.01. The molecule has 1 N–H and O–H groups in total. The van der Waals surface area contributed by atoms with Crippen LogP contribution in [0.3, 0.4) is 0 Å². The number of nitro groups is 1. The van der Waals surface area contributed by atoms with Gasteiger partial charge in [0.2, 0.25) is 0 Å². The molecular formula is C13H15ClN2O5. The second-order valence-electron chi connectivity index (χ2n) is 5.08. The van der Waals surface area contributed by atoms with Crippen molar-refractivity contribution in [2.75, 3.05) is 13.2 Å². The van der Waals surface area contributed by atoms with Gasteiger partial charge in [0.25, 0.3) is 11.6 Å². The molecule has 1 heterocycles. The molecule has 1 unspecified atom stereocenters. The number of amides is 1. The third-order valence-corrected chi connectivity index (χ3v) is 3.19. The topological polar surface area (TPSA) is 90.7 Å². The molecule has 1 saturated heterocycles. The molecule has 21 heavy (non-hydrogen) atoms. The Bertz CT molecular complexity index is 576. The number of carbonyl (C=O) groups excluding carboxylic acids is 1. The average molecular weight is 315 g/mol. The zero-order valence-electron chi connectivity index (χ0n) is 11.6. The lowest BCUT2D eigenvalue weighted by Gasteiger charge is -2.17. The largest absolute Gasteiger partial charge is 0.349 e. The van der Waals surface area contributed by atoms with Gasteiger partial charge in [-0.3, -0.25) is 14.9 Å². The Hall–Kier alpha value is -1.70. The van der Waals surface area contributed by atoms with Crippen LogP contribution in [-0.4, -0.2) is 35.9 Å². The first kappa shape index (κ1) is 15.7. The molecule has 0 aromatic heterocycles. The first-order valence-corrected chi connectivity index (χ1v) is 6.70. The molecule has 0 radical (unpaired) electrons. The normalized spacial score (nSPS) is 20.2. The molecule has 1 aliphatic rings. The van der Waals surface area contributed by atoms with Gasteiger partial charge in [-0.05, 0) is 26.0 Å². The highest BCUT2D eigenvalue weighted by Crippen LogP contribution is 2.24. The summed E-state index contributed by atoms with van der Waals surface area (Å²) in [5.41, 5.74) is -0.369. The van der Waals surface area contributed by atoms with Crippen molar-refractivity contribution in [2.24, 2.45) is 0 Å². The van der Waals surface area contributed by atoms with Crippen molar-refractivity contribution < 1.29 is 19.2 Å². The van der Waals surface area contributed by atoms with Crippen LogP contribution in [0.2, 0.25) is 5.02 Å². The van der Waals surface area contributed by atoms with Crippen molar-refractivity contribution in [2.45, 2.75) is 25.7 Å². The van der Waals surface area contributed by atoms with E-state index in [-0.39, 0.29) is 28.9 Å². The van der Waals surface area contributed by atoms with Crippen LogP contribution in [-0.2, 0) is 9.47 Å². The van der Waals surface area contributed by atoms with Gasteiger partial charge in [-0.15, -0.1) is 0 Å². The first-order valence-electron chi connectivity index (χ1n) is 6.32. The smallest absolute Gasteiger partial charge is 0.283 e. The molecule has 0 spiro atoms. The molecule has 1 atom stereocenters. The van der Waals surface area contributed by atoms with E-state index < -0.39 is 16.6 Å². The molecule has 1 fully saturated rings. The predicted octanol–water partition coefficient (Wildman–Crippen LogP) is 2.13. The summed E-state index contributed by atoms with van der Waals surface area (Å²) in [5.74, 6) is -1.23. The van der Waals surface area contributed by atoms with Gasteiger partial charge < -0.3 is 14.8 Å². The van der Waals surface area contributed by atoms with E-state index in [2.05, 4.69) is 5.32 Å². The highest BCUT2D eigenvalue weighted by molar-refractivity contribution is 6.31. The standard InChI is InChI=1S/C13H15ClN2O5/c1-13(2)20-7-9(21-13)6-15-12(17)10-4-3-8(14)5-11(10)16(18)19/h3-5,9H,6-7H2,1-2H3,(H,15,17). The minimum absolute atomic E-state index is 0.0393. The lowest BCUT2D eigenvalue weighted by atomic mass is 10.1. The van der Waals surface area contributed by atoms with Crippen molar-refractivity contribution in [3.63, 3.8) is 0 Å². The minimum atomic E-state index is -0.679. The van der Waals surface area contributed by atoms with E-state index in [1.165, 1.54) is 12.1 Å². The lowest BCUT2D eigenvalue weighted by molar-refractivity contribution is -0.385. The Morgan fingerprint density at radius 2 is 2.29 bits per heavy atom. The van der Waals surface area contributed by atoms with Crippen molar-refractivity contribution in [1.82, 2.24) is 5.32 Å². The van der Waals surface area contributed by atoms with Crippen LogP contribution in [0.5, 0.6) is 0 Å². The first-order chi connectivity index (χ1) is 9.78. The number of ether oxygens (including phenoxy) is 2. The quantitative estimate of drug-likeness (QED) is 0.679. The molecular weight excluding hydrogens is 300 g/mol. The molecule has 1 aromatic rings. The van der Waals surface area contributed by atoms with Gasteiger partial charge >= 0.3 is 0 Å².